The molecule has 0 aromatic carbocycles. The Morgan fingerprint density at radius 2 is 2.59 bits per heavy atom. The lowest BCUT2D eigenvalue weighted by Crippen LogP contribution is -2.20. The molecule has 1 aliphatic heterocycles. The number of hydrogen-bond donors (Lipinski definition) is 0. The highest BCUT2D eigenvalue weighted by Crippen LogP contribution is 2.31. The molecule has 1 aromatic heterocycles. The Labute approximate surface area is 103 Å². The van der Waals surface area contributed by atoms with Crippen molar-refractivity contribution in [1.29, 1.82) is 0 Å². The third-order valence-corrected chi connectivity index (χ3v) is 2.52. The molecule has 0 aliphatic carbocycles. The van der Waals surface area contributed by atoms with Gasteiger partial charge in [0.15, 0.2) is 0 Å². The second kappa shape index (κ2) is 3.99. The molecule has 1 unspecified atom stereocenters. The molecule has 1 fully saturated rings. The molecule has 0 bridgehead atoms. The minimum atomic E-state index is -2.59. The van der Waals surface area contributed by atoms with Crippen molar-refractivity contribution in [2.24, 2.45) is 6.98 Å². The molecule has 7 heteroatoms. The van der Waals surface area contributed by atoms with Crippen molar-refractivity contribution in [3.8, 4) is 5.88 Å². The second-order valence-corrected chi connectivity index (χ2v) is 4.54. The van der Waals surface area contributed by atoms with Gasteiger partial charge in [0, 0.05) is 17.5 Å². The molecule has 1 aliphatic rings. The molecule has 0 spiro atoms. The molecule has 1 atom stereocenters. The first-order valence-electron chi connectivity index (χ1n) is 6.64. The second-order valence-electron chi connectivity index (χ2n) is 4.54. The molecule has 0 N–H and O–H groups in total. The van der Waals surface area contributed by atoms with E-state index < -0.39 is 17.6 Å². The molecule has 94 valence electrons. The third kappa shape index (κ3) is 2.55. The van der Waals surface area contributed by atoms with Crippen LogP contribution in [0.1, 0.15) is 24.4 Å². The summed E-state index contributed by atoms with van der Waals surface area (Å²) in [5.41, 5.74) is -0.836. The lowest BCUT2D eigenvalue weighted by atomic mass is 10.1. The van der Waals surface area contributed by atoms with E-state index >= 15 is 0 Å². The molecule has 2 heterocycles. The molecular formula is C10H15N3O4. The minimum Gasteiger partial charge on any atom is -0.466 e. The number of nitrogens with zero attached hydrogens (tertiary/aromatic N) is 3. The van der Waals surface area contributed by atoms with E-state index in [-0.39, 0.29) is 24.2 Å². The van der Waals surface area contributed by atoms with Crippen molar-refractivity contribution in [3.05, 3.63) is 16.3 Å². The third-order valence-electron chi connectivity index (χ3n) is 2.52. The maximum absolute atomic E-state index is 10.9. The van der Waals surface area contributed by atoms with Crippen molar-refractivity contribution < 1.29 is 18.5 Å². The SMILES string of the molecule is [2H]C([2H])([2H])n1cc([N+](=O)[O-])c(OC2COC(C)(C)C2)n1. The summed E-state index contributed by atoms with van der Waals surface area (Å²) in [7, 11) is 0. The van der Waals surface area contributed by atoms with Gasteiger partial charge in [0.2, 0.25) is 0 Å². The Morgan fingerprint density at radius 3 is 3.12 bits per heavy atom. The van der Waals surface area contributed by atoms with Gasteiger partial charge in [-0.1, -0.05) is 0 Å². The lowest BCUT2D eigenvalue weighted by Gasteiger charge is -2.15. The van der Waals surface area contributed by atoms with E-state index in [0.717, 1.165) is 6.20 Å². The van der Waals surface area contributed by atoms with Crippen molar-refractivity contribution in [2.45, 2.75) is 32.0 Å². The van der Waals surface area contributed by atoms with Crippen LogP contribution in [0.15, 0.2) is 6.20 Å². The molecule has 0 saturated carbocycles. The van der Waals surface area contributed by atoms with E-state index in [1.165, 1.54) is 0 Å². The van der Waals surface area contributed by atoms with Crippen LogP contribution in [-0.4, -0.2) is 33.0 Å². The monoisotopic (exact) mass is 244 g/mol. The normalized spacial score (nSPS) is 26.0. The van der Waals surface area contributed by atoms with Crippen LogP contribution in [0.3, 0.4) is 0 Å². The summed E-state index contributed by atoms with van der Waals surface area (Å²) in [6, 6.07) is 0. The van der Waals surface area contributed by atoms with Crippen LogP contribution in [0.25, 0.3) is 0 Å². The summed E-state index contributed by atoms with van der Waals surface area (Å²) in [5.74, 6) is -0.294. The van der Waals surface area contributed by atoms with Crippen LogP contribution in [0.4, 0.5) is 5.69 Å². The van der Waals surface area contributed by atoms with Gasteiger partial charge in [0.05, 0.1) is 17.1 Å². The highest BCUT2D eigenvalue weighted by atomic mass is 16.6. The van der Waals surface area contributed by atoms with E-state index in [1.54, 1.807) is 0 Å². The predicted octanol–water partition coefficient (Wildman–Crippen LogP) is 1.27. The fraction of sp³-hybridized carbons (Fsp3) is 0.700. The number of nitro groups is 1. The van der Waals surface area contributed by atoms with Crippen LogP contribution in [0, 0.1) is 10.1 Å². The Bertz CT molecular complexity index is 526. The zero-order valence-electron chi connectivity index (χ0n) is 12.5. The van der Waals surface area contributed by atoms with E-state index in [9.17, 15) is 10.1 Å². The zero-order chi connectivity index (χ0) is 15.1. The average Bonchev–Trinajstić information content (AvgIpc) is 2.82. The predicted molar refractivity (Wildman–Crippen MR) is 58.9 cm³/mol. The van der Waals surface area contributed by atoms with Crippen LogP contribution < -0.4 is 4.74 Å². The van der Waals surface area contributed by atoms with Crippen LogP contribution >= 0.6 is 0 Å². The molecule has 0 amide bonds. The van der Waals surface area contributed by atoms with Gasteiger partial charge in [0.1, 0.15) is 12.3 Å². The molecule has 7 nitrogen and oxygen atoms in total. The van der Waals surface area contributed by atoms with Gasteiger partial charge in [-0.3, -0.25) is 14.8 Å². The molecule has 1 saturated heterocycles. The highest BCUT2D eigenvalue weighted by Gasteiger charge is 2.35. The molecular weight excluding hydrogens is 226 g/mol. The number of hydrogen-bond acceptors (Lipinski definition) is 5. The summed E-state index contributed by atoms with van der Waals surface area (Å²) < 4.78 is 33.1. The van der Waals surface area contributed by atoms with Gasteiger partial charge >= 0.3 is 11.6 Å². The zero-order valence-corrected chi connectivity index (χ0v) is 9.54. The quantitative estimate of drug-likeness (QED) is 0.591. The fourth-order valence-electron chi connectivity index (χ4n) is 1.78. The van der Waals surface area contributed by atoms with Crippen molar-refractivity contribution >= 4 is 5.69 Å². The fourth-order valence-corrected chi connectivity index (χ4v) is 1.78. The van der Waals surface area contributed by atoms with Gasteiger partial charge in [-0.2, -0.15) is 0 Å². The molecule has 1 aromatic rings. The Kier molecular flexibility index (Phi) is 1.99. The number of aromatic nitrogens is 2. The van der Waals surface area contributed by atoms with Gasteiger partial charge in [-0.25, -0.2) is 0 Å². The number of aryl methyl sites for hydroxylation is 1. The van der Waals surface area contributed by atoms with Gasteiger partial charge in [-0.15, -0.1) is 5.10 Å². The topological polar surface area (TPSA) is 79.4 Å². The summed E-state index contributed by atoms with van der Waals surface area (Å²) in [6.07, 6.45) is 1.01. The number of ether oxygens (including phenoxy) is 2. The number of rotatable bonds is 3. The lowest BCUT2D eigenvalue weighted by molar-refractivity contribution is -0.386. The van der Waals surface area contributed by atoms with Crippen LogP contribution in [-0.2, 0) is 11.7 Å². The average molecular weight is 244 g/mol. The maximum Gasteiger partial charge on any atom is 0.350 e. The maximum atomic E-state index is 10.9. The molecule has 2 rings (SSSR count). The van der Waals surface area contributed by atoms with Gasteiger partial charge < -0.3 is 9.47 Å². The van der Waals surface area contributed by atoms with E-state index in [2.05, 4.69) is 5.10 Å². The minimum absolute atomic E-state index is 0.283. The van der Waals surface area contributed by atoms with Crippen molar-refractivity contribution in [3.63, 3.8) is 0 Å². The van der Waals surface area contributed by atoms with Crippen molar-refractivity contribution in [2.75, 3.05) is 6.61 Å². The first-order chi connectivity index (χ1) is 9.08. The Morgan fingerprint density at radius 1 is 1.82 bits per heavy atom. The Hall–Kier alpha value is -1.63. The summed E-state index contributed by atoms with van der Waals surface area (Å²) in [6.45, 7) is 1.46. The van der Waals surface area contributed by atoms with Crippen molar-refractivity contribution in [1.82, 2.24) is 9.78 Å². The van der Waals surface area contributed by atoms with Crippen LogP contribution in [0.5, 0.6) is 5.88 Å². The summed E-state index contributed by atoms with van der Waals surface area (Å²) in [4.78, 5) is 10.2. The molecule has 17 heavy (non-hydrogen) atoms. The van der Waals surface area contributed by atoms with E-state index in [1.807, 2.05) is 13.8 Å². The first-order valence-corrected chi connectivity index (χ1v) is 5.14. The smallest absolute Gasteiger partial charge is 0.350 e. The largest absolute Gasteiger partial charge is 0.466 e. The van der Waals surface area contributed by atoms with E-state index in [0.29, 0.717) is 11.1 Å². The summed E-state index contributed by atoms with van der Waals surface area (Å²) >= 11 is 0. The summed E-state index contributed by atoms with van der Waals surface area (Å²) in [5, 5.41) is 14.6. The van der Waals surface area contributed by atoms with Crippen LogP contribution in [0.2, 0.25) is 0 Å². The Balaban J connectivity index is 2.23. The first kappa shape index (κ1) is 8.46. The van der Waals surface area contributed by atoms with E-state index in [4.69, 9.17) is 13.6 Å². The van der Waals surface area contributed by atoms with Gasteiger partial charge in [0.25, 0.3) is 0 Å². The van der Waals surface area contributed by atoms with Gasteiger partial charge in [-0.05, 0) is 13.8 Å². The highest BCUT2D eigenvalue weighted by molar-refractivity contribution is 5.38. The molecule has 0 radical (unpaired) electrons. The standard InChI is InChI=1S/C10H15N3O4/c1-10(2)4-7(6-16-10)17-9-8(13(14)15)5-12(3)11-9/h5,7H,4,6H2,1-3H3/i3D3.